The molecule has 4 nitrogen and oxygen atoms in total. The average Bonchev–Trinajstić information content (AvgIpc) is 2.36. The molecule has 0 spiro atoms. The minimum atomic E-state index is -2.93. The van der Waals surface area contributed by atoms with E-state index >= 15 is 0 Å². The predicted octanol–water partition coefficient (Wildman–Crippen LogP) is 2.32. The molecule has 0 saturated heterocycles. The van der Waals surface area contributed by atoms with E-state index in [2.05, 4.69) is 0 Å². The van der Waals surface area contributed by atoms with Gasteiger partial charge in [-0.15, -0.1) is 0 Å². The molecule has 0 aliphatic heterocycles. The molecule has 1 rings (SSSR count). The highest BCUT2D eigenvalue weighted by molar-refractivity contribution is 7.91. The van der Waals surface area contributed by atoms with Gasteiger partial charge in [0.25, 0.3) is 0 Å². The van der Waals surface area contributed by atoms with Crippen molar-refractivity contribution in [3.05, 3.63) is 28.8 Å². The van der Waals surface area contributed by atoms with Gasteiger partial charge in [-0.3, -0.25) is 4.79 Å². The molecule has 0 heterocycles. The third-order valence-corrected chi connectivity index (χ3v) is 4.69. The van der Waals surface area contributed by atoms with E-state index in [0.717, 1.165) is 23.2 Å². The number of benzene rings is 1. The summed E-state index contributed by atoms with van der Waals surface area (Å²) >= 11 is 0. The molecular formula is C14H20O4S. The first-order valence-electron chi connectivity index (χ1n) is 6.29. The fraction of sp³-hybridized carbons (Fsp3) is 0.500. The van der Waals surface area contributed by atoms with Gasteiger partial charge >= 0.3 is 0 Å². The van der Waals surface area contributed by atoms with E-state index in [1.54, 1.807) is 19.1 Å². The maximum absolute atomic E-state index is 11.3. The molecule has 0 atom stereocenters. The molecule has 1 aromatic rings. The summed E-state index contributed by atoms with van der Waals surface area (Å²) in [4.78, 5) is 10.7. The highest BCUT2D eigenvalue weighted by atomic mass is 32.2. The molecule has 1 aromatic carbocycles. The summed E-state index contributed by atoms with van der Waals surface area (Å²) in [6, 6.07) is 3.52. The first kappa shape index (κ1) is 15.7. The first-order chi connectivity index (χ1) is 8.89. The second-order valence-corrected chi connectivity index (χ2v) is 7.01. The molecule has 0 bridgehead atoms. The zero-order chi connectivity index (χ0) is 14.5. The van der Waals surface area contributed by atoms with E-state index in [1.807, 2.05) is 13.8 Å². The molecule has 0 aliphatic carbocycles. The number of sulfone groups is 1. The number of hydrogen-bond acceptors (Lipinski definition) is 4. The first-order valence-corrected chi connectivity index (χ1v) is 8.11. The van der Waals surface area contributed by atoms with Gasteiger partial charge in [0.1, 0.15) is 21.9 Å². The van der Waals surface area contributed by atoms with Crippen molar-refractivity contribution in [1.82, 2.24) is 0 Å². The molecule has 0 saturated carbocycles. The van der Waals surface area contributed by atoms with Crippen LogP contribution in [0.3, 0.4) is 0 Å². The minimum absolute atomic E-state index is 0.147. The third-order valence-electron chi connectivity index (χ3n) is 2.90. The fourth-order valence-electron chi connectivity index (χ4n) is 1.88. The largest absolute Gasteiger partial charge is 0.493 e. The zero-order valence-electron chi connectivity index (χ0n) is 11.6. The molecule has 0 N–H and O–H groups in total. The second-order valence-electron chi connectivity index (χ2n) is 4.54. The lowest BCUT2D eigenvalue weighted by atomic mass is 10.1. The number of hydrogen-bond donors (Lipinski definition) is 0. The van der Waals surface area contributed by atoms with Crippen LogP contribution in [0.15, 0.2) is 12.1 Å². The Balaban J connectivity index is 2.62. The molecule has 19 heavy (non-hydrogen) atoms. The van der Waals surface area contributed by atoms with E-state index < -0.39 is 9.84 Å². The Hall–Kier alpha value is -1.36. The maximum atomic E-state index is 11.3. The van der Waals surface area contributed by atoms with Crippen LogP contribution < -0.4 is 4.74 Å². The Bertz CT molecular complexity index is 524. The van der Waals surface area contributed by atoms with Crippen LogP contribution in [-0.2, 0) is 9.84 Å². The van der Waals surface area contributed by atoms with Crippen molar-refractivity contribution in [2.75, 3.05) is 18.1 Å². The second kappa shape index (κ2) is 6.70. The molecule has 5 heteroatoms. The Kier molecular flexibility index (Phi) is 5.54. The summed E-state index contributed by atoms with van der Waals surface area (Å²) in [5.74, 6) is 1.05. The van der Waals surface area contributed by atoms with E-state index in [0.29, 0.717) is 18.6 Å². The Labute approximate surface area is 114 Å². The normalized spacial score (nSPS) is 11.3. The van der Waals surface area contributed by atoms with Crippen LogP contribution in [0, 0.1) is 13.8 Å². The molecule has 106 valence electrons. The SMILES string of the molecule is CCS(=O)(=O)CCCOc1c(C)cc(C=O)cc1C. The average molecular weight is 284 g/mol. The topological polar surface area (TPSA) is 60.4 Å². The van der Waals surface area contributed by atoms with Gasteiger partial charge in [0.05, 0.1) is 12.4 Å². The Morgan fingerprint density at radius 3 is 2.26 bits per heavy atom. The third kappa shape index (κ3) is 4.67. The van der Waals surface area contributed by atoms with Gasteiger partial charge in [-0.2, -0.15) is 0 Å². The van der Waals surface area contributed by atoms with E-state index in [4.69, 9.17) is 4.74 Å². The molecule has 0 aliphatic rings. The van der Waals surface area contributed by atoms with Crippen molar-refractivity contribution in [3.63, 3.8) is 0 Å². The quantitative estimate of drug-likeness (QED) is 0.569. The van der Waals surface area contributed by atoms with Crippen LogP contribution in [-0.4, -0.2) is 32.8 Å². The summed E-state index contributed by atoms with van der Waals surface area (Å²) in [6.07, 6.45) is 1.28. The highest BCUT2D eigenvalue weighted by Gasteiger charge is 2.09. The predicted molar refractivity (Wildman–Crippen MR) is 75.7 cm³/mol. The number of aldehydes is 1. The summed E-state index contributed by atoms with van der Waals surface area (Å²) < 4.78 is 28.3. The lowest BCUT2D eigenvalue weighted by molar-refractivity contribution is 0.112. The van der Waals surface area contributed by atoms with E-state index in [9.17, 15) is 13.2 Å². The maximum Gasteiger partial charge on any atom is 0.150 e. The monoisotopic (exact) mass is 284 g/mol. The molecule has 0 aromatic heterocycles. The number of ether oxygens (including phenoxy) is 1. The van der Waals surface area contributed by atoms with E-state index in [-0.39, 0.29) is 11.5 Å². The number of carbonyl (C=O) groups excluding carboxylic acids is 1. The standard InChI is InChI=1S/C14H20O4S/c1-4-19(16,17)7-5-6-18-14-11(2)8-13(10-15)9-12(14)3/h8-10H,4-7H2,1-3H3. The zero-order valence-corrected chi connectivity index (χ0v) is 12.4. The van der Waals surface area contributed by atoms with E-state index in [1.165, 1.54) is 0 Å². The van der Waals surface area contributed by atoms with Crippen molar-refractivity contribution >= 4 is 16.1 Å². The lowest BCUT2D eigenvalue weighted by Gasteiger charge is -2.12. The summed E-state index contributed by atoms with van der Waals surface area (Å²) in [7, 11) is -2.93. The molecule has 0 amide bonds. The smallest absolute Gasteiger partial charge is 0.150 e. The van der Waals surface area contributed by atoms with Gasteiger partial charge in [-0.25, -0.2) is 8.42 Å². The van der Waals surface area contributed by atoms with Crippen LogP contribution in [0.25, 0.3) is 0 Å². The van der Waals surface area contributed by atoms with Gasteiger partial charge in [0, 0.05) is 11.3 Å². The van der Waals surface area contributed by atoms with Crippen molar-refractivity contribution in [2.24, 2.45) is 0 Å². The van der Waals surface area contributed by atoms with Gasteiger partial charge < -0.3 is 4.74 Å². The highest BCUT2D eigenvalue weighted by Crippen LogP contribution is 2.24. The van der Waals surface area contributed by atoms with Crippen LogP contribution in [0.5, 0.6) is 5.75 Å². The van der Waals surface area contributed by atoms with Gasteiger partial charge in [-0.1, -0.05) is 6.92 Å². The van der Waals surface area contributed by atoms with Gasteiger partial charge in [0.15, 0.2) is 0 Å². The van der Waals surface area contributed by atoms with Crippen LogP contribution >= 0.6 is 0 Å². The van der Waals surface area contributed by atoms with Gasteiger partial charge in [-0.05, 0) is 43.5 Å². The fourth-order valence-corrected chi connectivity index (χ4v) is 2.72. The number of aryl methyl sites for hydroxylation is 2. The number of carbonyl (C=O) groups is 1. The Morgan fingerprint density at radius 1 is 1.21 bits per heavy atom. The van der Waals surface area contributed by atoms with Crippen molar-refractivity contribution in [3.8, 4) is 5.75 Å². The van der Waals surface area contributed by atoms with Crippen LogP contribution in [0.1, 0.15) is 34.8 Å². The summed E-state index contributed by atoms with van der Waals surface area (Å²) in [5.41, 5.74) is 2.40. The van der Waals surface area contributed by atoms with Crippen LogP contribution in [0.2, 0.25) is 0 Å². The van der Waals surface area contributed by atoms with Crippen LogP contribution in [0.4, 0.5) is 0 Å². The molecule has 0 unspecified atom stereocenters. The summed E-state index contributed by atoms with van der Waals surface area (Å²) in [5, 5.41) is 0. The van der Waals surface area contributed by atoms with Crippen molar-refractivity contribution in [1.29, 1.82) is 0 Å². The molecular weight excluding hydrogens is 264 g/mol. The van der Waals surface area contributed by atoms with Crippen molar-refractivity contribution in [2.45, 2.75) is 27.2 Å². The van der Waals surface area contributed by atoms with Gasteiger partial charge in [0.2, 0.25) is 0 Å². The molecule has 0 radical (unpaired) electrons. The summed E-state index contributed by atoms with van der Waals surface area (Å²) in [6.45, 7) is 5.75. The molecule has 0 fully saturated rings. The lowest BCUT2D eigenvalue weighted by Crippen LogP contribution is -2.12. The minimum Gasteiger partial charge on any atom is -0.493 e. The Morgan fingerprint density at radius 2 is 1.79 bits per heavy atom. The van der Waals surface area contributed by atoms with Crippen molar-refractivity contribution < 1.29 is 17.9 Å². The number of rotatable bonds is 7.